The van der Waals surface area contributed by atoms with Crippen LogP contribution in [0.3, 0.4) is 0 Å². The zero-order valence-corrected chi connectivity index (χ0v) is 16.7. The molecule has 2 aromatic carbocycles. The number of phenols is 2. The van der Waals surface area contributed by atoms with Crippen molar-refractivity contribution in [2.24, 2.45) is 0 Å². The number of H-pyrrole nitrogens is 1. The third-order valence-electron chi connectivity index (χ3n) is 5.70. The van der Waals surface area contributed by atoms with Crippen LogP contribution in [0.1, 0.15) is 13.8 Å². The van der Waals surface area contributed by atoms with Crippen LogP contribution < -0.4 is 9.64 Å². The lowest BCUT2D eigenvalue weighted by molar-refractivity contribution is 0.139. The number of rotatable bonds is 3. The van der Waals surface area contributed by atoms with E-state index in [4.69, 9.17) is 4.74 Å². The molecule has 7 nitrogen and oxygen atoms in total. The van der Waals surface area contributed by atoms with Crippen LogP contribution in [0.2, 0.25) is 0 Å². The van der Waals surface area contributed by atoms with E-state index in [1.54, 1.807) is 6.07 Å². The van der Waals surface area contributed by atoms with Gasteiger partial charge in [0.25, 0.3) is 0 Å². The molecule has 28 heavy (non-hydrogen) atoms. The van der Waals surface area contributed by atoms with E-state index in [9.17, 15) is 10.2 Å². The van der Waals surface area contributed by atoms with E-state index < -0.39 is 0 Å². The number of nitrogens with zero attached hydrogens (tertiary/aromatic N) is 3. The number of methoxy groups -OCH3 is 1. The average molecular weight is 382 g/mol. The Labute approximate surface area is 164 Å². The summed E-state index contributed by atoms with van der Waals surface area (Å²) in [6, 6.07) is 9.34. The van der Waals surface area contributed by atoms with Gasteiger partial charge in [0.2, 0.25) is 5.75 Å². The molecule has 1 saturated heterocycles. The van der Waals surface area contributed by atoms with Crippen molar-refractivity contribution in [3.05, 3.63) is 30.3 Å². The molecule has 0 amide bonds. The summed E-state index contributed by atoms with van der Waals surface area (Å²) in [5.74, 6) is 0.299. The highest BCUT2D eigenvalue weighted by Crippen LogP contribution is 2.39. The first kappa shape index (κ1) is 18.4. The summed E-state index contributed by atoms with van der Waals surface area (Å²) in [5, 5.41) is 19.8. The van der Waals surface area contributed by atoms with Crippen LogP contribution in [0.25, 0.3) is 22.4 Å². The molecule has 1 aliphatic rings. The molecule has 7 heteroatoms. The molecule has 0 bridgehead atoms. The Bertz CT molecular complexity index is 1030. The number of aromatic hydroxyl groups is 2. The Morgan fingerprint density at radius 2 is 1.93 bits per heavy atom. The molecule has 3 N–H and O–H groups in total. The minimum Gasteiger partial charge on any atom is -0.504 e. The summed E-state index contributed by atoms with van der Waals surface area (Å²) in [6.45, 7) is 7.48. The molecule has 0 aliphatic carbocycles. The molecular formula is C21H26N4O3. The summed E-state index contributed by atoms with van der Waals surface area (Å²) >= 11 is 0. The van der Waals surface area contributed by atoms with Gasteiger partial charge in [0.15, 0.2) is 11.5 Å². The molecule has 148 valence electrons. The Morgan fingerprint density at radius 1 is 1.14 bits per heavy atom. The van der Waals surface area contributed by atoms with Gasteiger partial charge in [-0.15, -0.1) is 0 Å². The number of hydrogen-bond donors (Lipinski definition) is 3. The van der Waals surface area contributed by atoms with Crippen molar-refractivity contribution in [1.82, 2.24) is 14.9 Å². The minimum atomic E-state index is -0.276. The number of ether oxygens (including phenoxy) is 1. The first-order valence-electron chi connectivity index (χ1n) is 9.35. The van der Waals surface area contributed by atoms with Crippen LogP contribution in [0, 0.1) is 0 Å². The summed E-state index contributed by atoms with van der Waals surface area (Å²) in [6.07, 6.45) is 0. The van der Waals surface area contributed by atoms with Crippen molar-refractivity contribution in [2.45, 2.75) is 19.4 Å². The molecule has 0 radical (unpaired) electrons. The molecule has 1 aliphatic heterocycles. The molecular weight excluding hydrogens is 356 g/mol. The monoisotopic (exact) mass is 382 g/mol. The molecule has 1 fully saturated rings. The van der Waals surface area contributed by atoms with Gasteiger partial charge in [-0.25, -0.2) is 4.98 Å². The number of fused-ring (bicyclic) bond motifs is 1. The maximum absolute atomic E-state index is 9.95. The van der Waals surface area contributed by atoms with Crippen LogP contribution in [-0.2, 0) is 0 Å². The first-order valence-corrected chi connectivity index (χ1v) is 9.35. The molecule has 2 heterocycles. The number of imidazole rings is 1. The van der Waals surface area contributed by atoms with Crippen LogP contribution in [0.5, 0.6) is 17.2 Å². The predicted molar refractivity (Wildman–Crippen MR) is 110 cm³/mol. The predicted octanol–water partition coefficient (Wildman–Crippen LogP) is 3.18. The summed E-state index contributed by atoms with van der Waals surface area (Å²) in [7, 11) is 3.61. The Hall–Kier alpha value is -2.93. The average Bonchev–Trinajstić information content (AvgIpc) is 3.09. The van der Waals surface area contributed by atoms with Crippen LogP contribution in [-0.4, -0.2) is 64.4 Å². The smallest absolute Gasteiger partial charge is 0.200 e. The van der Waals surface area contributed by atoms with E-state index in [1.807, 2.05) is 6.07 Å². The summed E-state index contributed by atoms with van der Waals surface area (Å²) in [5.41, 5.74) is 3.70. The highest BCUT2D eigenvalue weighted by molar-refractivity contribution is 5.83. The maximum atomic E-state index is 9.95. The molecule has 0 spiro atoms. The van der Waals surface area contributed by atoms with Crippen molar-refractivity contribution >= 4 is 16.7 Å². The quantitative estimate of drug-likeness (QED) is 0.604. The van der Waals surface area contributed by atoms with Crippen LogP contribution in [0.4, 0.5) is 5.69 Å². The van der Waals surface area contributed by atoms with Gasteiger partial charge in [-0.1, -0.05) is 0 Å². The highest BCUT2D eigenvalue weighted by atomic mass is 16.5. The zero-order chi connectivity index (χ0) is 20.1. The second-order valence-corrected chi connectivity index (χ2v) is 7.99. The number of phenolic OH excluding ortho intramolecular Hbond substituents is 2. The normalized spacial score (nSPS) is 17.2. The van der Waals surface area contributed by atoms with Gasteiger partial charge >= 0.3 is 0 Å². The molecule has 1 aromatic heterocycles. The molecule has 0 atom stereocenters. The van der Waals surface area contributed by atoms with Crippen LogP contribution >= 0.6 is 0 Å². The lowest BCUT2D eigenvalue weighted by atomic mass is 9.99. The minimum absolute atomic E-state index is 0.118. The number of benzene rings is 2. The fraction of sp³-hybridized carbons (Fsp3) is 0.381. The van der Waals surface area contributed by atoms with Gasteiger partial charge in [0, 0.05) is 36.4 Å². The summed E-state index contributed by atoms with van der Waals surface area (Å²) in [4.78, 5) is 12.7. The Kier molecular flexibility index (Phi) is 4.34. The number of piperazine rings is 1. The lowest BCUT2D eigenvalue weighted by Crippen LogP contribution is -2.57. The van der Waals surface area contributed by atoms with Gasteiger partial charge in [0.05, 0.1) is 18.1 Å². The zero-order valence-electron chi connectivity index (χ0n) is 16.7. The number of hydrogen-bond acceptors (Lipinski definition) is 6. The van der Waals surface area contributed by atoms with E-state index >= 15 is 0 Å². The van der Waals surface area contributed by atoms with Crippen molar-refractivity contribution in [1.29, 1.82) is 0 Å². The third kappa shape index (κ3) is 3.11. The van der Waals surface area contributed by atoms with Gasteiger partial charge in [-0.05, 0) is 51.2 Å². The number of nitrogens with one attached hydrogen (secondary N) is 1. The largest absolute Gasteiger partial charge is 0.504 e. The van der Waals surface area contributed by atoms with Gasteiger partial charge < -0.3 is 24.8 Å². The van der Waals surface area contributed by atoms with Gasteiger partial charge in [-0.3, -0.25) is 4.90 Å². The number of anilines is 1. The molecule has 0 saturated carbocycles. The summed E-state index contributed by atoms with van der Waals surface area (Å²) < 4.78 is 5.13. The fourth-order valence-electron chi connectivity index (χ4n) is 3.68. The number of aromatic amines is 1. The molecule has 3 aromatic rings. The fourth-order valence-corrected chi connectivity index (χ4v) is 3.68. The van der Waals surface area contributed by atoms with E-state index in [-0.39, 0.29) is 22.8 Å². The molecule has 0 unspecified atom stereocenters. The lowest BCUT2D eigenvalue weighted by Gasteiger charge is -2.46. The third-order valence-corrected chi connectivity index (χ3v) is 5.70. The van der Waals surface area contributed by atoms with E-state index in [0.717, 1.165) is 36.4 Å². The maximum Gasteiger partial charge on any atom is 0.200 e. The standard InChI is InChI=1S/C21H26N4O3/c1-21(2)12-25(8-7-24(21)3)14-5-6-15-16(11-14)23-20(22-15)13-9-17(26)19(27)18(10-13)28-4/h5-6,9-11,26-27H,7-8,12H2,1-4H3,(H,22,23). The Balaban J connectivity index is 1.69. The number of aromatic nitrogens is 2. The van der Waals surface area contributed by atoms with Gasteiger partial charge in [-0.2, -0.15) is 0 Å². The van der Waals surface area contributed by atoms with Crippen molar-refractivity contribution in [3.8, 4) is 28.6 Å². The van der Waals surface area contributed by atoms with Crippen molar-refractivity contribution < 1.29 is 14.9 Å². The second-order valence-electron chi connectivity index (χ2n) is 7.99. The van der Waals surface area contributed by atoms with Crippen LogP contribution in [0.15, 0.2) is 30.3 Å². The highest BCUT2D eigenvalue weighted by Gasteiger charge is 2.31. The first-order chi connectivity index (χ1) is 13.3. The van der Waals surface area contributed by atoms with Crippen molar-refractivity contribution in [3.63, 3.8) is 0 Å². The molecule has 4 rings (SSSR count). The van der Waals surface area contributed by atoms with E-state index in [2.05, 4.69) is 52.8 Å². The van der Waals surface area contributed by atoms with E-state index in [1.165, 1.54) is 13.2 Å². The second kappa shape index (κ2) is 6.60. The Morgan fingerprint density at radius 3 is 2.64 bits per heavy atom. The van der Waals surface area contributed by atoms with Gasteiger partial charge in [0.1, 0.15) is 5.82 Å². The topological polar surface area (TPSA) is 84.9 Å². The SMILES string of the molecule is COc1cc(-c2nc3ccc(N4CCN(C)C(C)(C)C4)cc3[nH]2)cc(O)c1O. The number of likely N-dealkylation sites (N-methyl/N-ethyl adjacent to an activating group) is 1. The van der Waals surface area contributed by atoms with Crippen molar-refractivity contribution in [2.75, 3.05) is 38.7 Å². The van der Waals surface area contributed by atoms with E-state index in [0.29, 0.717) is 11.4 Å².